The number of fused-ring (bicyclic) bond motifs is 2. The maximum absolute atomic E-state index is 6.10. The van der Waals surface area contributed by atoms with Crippen molar-refractivity contribution in [1.29, 1.82) is 0 Å². The fourth-order valence-corrected chi connectivity index (χ4v) is 3.55. The van der Waals surface area contributed by atoms with Gasteiger partial charge in [-0.2, -0.15) is 0 Å². The lowest BCUT2D eigenvalue weighted by molar-refractivity contribution is 0.508. The summed E-state index contributed by atoms with van der Waals surface area (Å²) in [5.74, 6) is 2.02. The maximum Gasteiger partial charge on any atom is 0.124 e. The van der Waals surface area contributed by atoms with Crippen LogP contribution < -0.4 is 0 Å². The van der Waals surface area contributed by atoms with Crippen molar-refractivity contribution < 1.29 is 0 Å². The van der Waals surface area contributed by atoms with E-state index < -0.39 is 0 Å². The van der Waals surface area contributed by atoms with E-state index in [0.29, 0.717) is 11.8 Å². The van der Waals surface area contributed by atoms with Crippen molar-refractivity contribution in [1.82, 2.24) is 9.55 Å². The smallest absolute Gasteiger partial charge is 0.124 e. The average molecular weight is 297 g/mol. The summed E-state index contributed by atoms with van der Waals surface area (Å²) in [6, 6.07) is 15.2. The lowest BCUT2D eigenvalue weighted by Crippen LogP contribution is -2.22. The van der Waals surface area contributed by atoms with Crippen LogP contribution in [0.4, 0.5) is 0 Å². The second kappa shape index (κ2) is 4.88. The molecule has 0 radical (unpaired) electrons. The van der Waals surface area contributed by atoms with E-state index in [1.807, 2.05) is 0 Å². The molecule has 21 heavy (non-hydrogen) atoms. The summed E-state index contributed by atoms with van der Waals surface area (Å²) < 4.78 is 2.29. The Morgan fingerprint density at radius 2 is 2.10 bits per heavy atom. The van der Waals surface area contributed by atoms with Crippen molar-refractivity contribution in [3.63, 3.8) is 0 Å². The van der Waals surface area contributed by atoms with E-state index >= 15 is 0 Å². The van der Waals surface area contributed by atoms with Crippen molar-refractivity contribution in [2.24, 2.45) is 0 Å². The third-order valence-corrected chi connectivity index (χ3v) is 4.71. The van der Waals surface area contributed by atoms with Gasteiger partial charge in [0.1, 0.15) is 5.82 Å². The van der Waals surface area contributed by atoms with Gasteiger partial charge >= 0.3 is 0 Å². The summed E-state index contributed by atoms with van der Waals surface area (Å²) in [5, 5.41) is 0. The molecule has 1 heterocycles. The van der Waals surface area contributed by atoms with Crippen LogP contribution in [-0.2, 0) is 18.8 Å². The molecule has 0 spiro atoms. The predicted molar refractivity (Wildman–Crippen MR) is 86.9 cm³/mol. The van der Waals surface area contributed by atoms with E-state index in [9.17, 15) is 0 Å². The Morgan fingerprint density at radius 3 is 2.90 bits per heavy atom. The molecule has 1 atom stereocenters. The fourth-order valence-electron chi connectivity index (χ4n) is 3.34. The molecule has 0 saturated carbocycles. The van der Waals surface area contributed by atoms with Crippen LogP contribution >= 0.6 is 11.6 Å². The molecule has 0 aliphatic heterocycles. The average Bonchev–Trinajstić information content (AvgIpc) is 2.81. The molecular formula is C18H17ClN2. The molecule has 0 saturated heterocycles. The normalized spacial score (nSPS) is 16.8. The fraction of sp³-hybridized carbons (Fsp3) is 0.278. The zero-order valence-corrected chi connectivity index (χ0v) is 12.8. The van der Waals surface area contributed by atoms with Crippen LogP contribution in [0.1, 0.15) is 28.4 Å². The minimum atomic E-state index is 0.460. The van der Waals surface area contributed by atoms with Crippen molar-refractivity contribution >= 4 is 22.6 Å². The first kappa shape index (κ1) is 12.9. The number of aromatic nitrogens is 2. The number of imidazole rings is 1. The largest absolute Gasteiger partial charge is 0.326 e. The van der Waals surface area contributed by atoms with Gasteiger partial charge in [-0.3, -0.25) is 0 Å². The van der Waals surface area contributed by atoms with Gasteiger partial charge in [-0.1, -0.05) is 30.3 Å². The van der Waals surface area contributed by atoms with Gasteiger partial charge in [0.25, 0.3) is 0 Å². The van der Waals surface area contributed by atoms with Gasteiger partial charge in [0.05, 0.1) is 16.9 Å². The van der Waals surface area contributed by atoms with Crippen LogP contribution in [0.3, 0.4) is 0 Å². The first-order chi connectivity index (χ1) is 10.3. The molecule has 1 aliphatic carbocycles. The summed E-state index contributed by atoms with van der Waals surface area (Å²) in [7, 11) is 0. The van der Waals surface area contributed by atoms with E-state index in [1.54, 1.807) is 0 Å². The van der Waals surface area contributed by atoms with Crippen molar-refractivity contribution in [2.45, 2.75) is 31.7 Å². The Morgan fingerprint density at radius 1 is 1.24 bits per heavy atom. The zero-order chi connectivity index (χ0) is 14.4. The predicted octanol–water partition coefficient (Wildman–Crippen LogP) is 4.42. The van der Waals surface area contributed by atoms with E-state index in [0.717, 1.165) is 24.3 Å². The Hall–Kier alpha value is -1.80. The molecule has 3 aromatic rings. The molecule has 3 heteroatoms. The number of hydrogen-bond acceptors (Lipinski definition) is 1. The third-order valence-electron chi connectivity index (χ3n) is 4.47. The Labute approximate surface area is 129 Å². The first-order valence-corrected chi connectivity index (χ1v) is 7.89. The summed E-state index contributed by atoms with van der Waals surface area (Å²) in [5.41, 5.74) is 6.45. The van der Waals surface area contributed by atoms with Crippen LogP contribution in [0.15, 0.2) is 42.5 Å². The lowest BCUT2D eigenvalue weighted by atomic mass is 9.77. The highest BCUT2D eigenvalue weighted by Gasteiger charge is 2.27. The monoisotopic (exact) mass is 296 g/mol. The third kappa shape index (κ3) is 2.06. The van der Waals surface area contributed by atoms with E-state index in [4.69, 9.17) is 16.6 Å². The SMILES string of the molecule is Cc1ccc2c(c1)nc(CCl)n2CC1Cc2ccccc21. The van der Waals surface area contributed by atoms with Crippen LogP contribution in [0.2, 0.25) is 0 Å². The van der Waals surface area contributed by atoms with Crippen LogP contribution in [0.5, 0.6) is 0 Å². The number of rotatable bonds is 3. The van der Waals surface area contributed by atoms with Gasteiger partial charge in [0.2, 0.25) is 0 Å². The highest BCUT2D eigenvalue weighted by Crippen LogP contribution is 2.37. The molecule has 0 bridgehead atoms. The molecule has 2 nitrogen and oxygen atoms in total. The molecule has 2 aromatic carbocycles. The second-order valence-electron chi connectivity index (χ2n) is 5.86. The standard InChI is InChI=1S/C18H17ClN2/c1-12-6-7-17-16(8-12)20-18(10-19)21(17)11-14-9-13-4-2-3-5-15(13)14/h2-8,14H,9-11H2,1H3. The van der Waals surface area contributed by atoms with Gasteiger partial charge in [-0.25, -0.2) is 4.98 Å². The van der Waals surface area contributed by atoms with Crippen LogP contribution in [0.25, 0.3) is 11.0 Å². The minimum Gasteiger partial charge on any atom is -0.326 e. The number of benzene rings is 2. The quantitative estimate of drug-likeness (QED) is 0.654. The number of aryl methyl sites for hydroxylation is 1. The first-order valence-electron chi connectivity index (χ1n) is 7.36. The van der Waals surface area contributed by atoms with Gasteiger partial charge in [0.15, 0.2) is 0 Å². The topological polar surface area (TPSA) is 17.8 Å². The second-order valence-corrected chi connectivity index (χ2v) is 6.13. The van der Waals surface area contributed by atoms with E-state index in [-0.39, 0.29) is 0 Å². The molecule has 0 fully saturated rings. The molecular weight excluding hydrogens is 280 g/mol. The van der Waals surface area contributed by atoms with Crippen molar-refractivity contribution in [2.75, 3.05) is 0 Å². The zero-order valence-electron chi connectivity index (χ0n) is 12.0. The summed E-state index contributed by atoms with van der Waals surface area (Å²) in [6.07, 6.45) is 1.16. The molecule has 106 valence electrons. The highest BCUT2D eigenvalue weighted by atomic mass is 35.5. The van der Waals surface area contributed by atoms with Crippen molar-refractivity contribution in [3.8, 4) is 0 Å². The molecule has 0 N–H and O–H groups in total. The molecule has 4 rings (SSSR count). The van der Waals surface area contributed by atoms with Gasteiger partial charge < -0.3 is 4.57 Å². The van der Waals surface area contributed by atoms with Crippen LogP contribution in [-0.4, -0.2) is 9.55 Å². The van der Waals surface area contributed by atoms with E-state index in [1.165, 1.54) is 22.2 Å². The lowest BCUT2D eigenvalue weighted by Gasteiger charge is -2.31. The summed E-state index contributed by atoms with van der Waals surface area (Å²) in [4.78, 5) is 4.69. The van der Waals surface area contributed by atoms with E-state index in [2.05, 4.69) is 54.0 Å². The molecule has 1 unspecified atom stereocenters. The highest BCUT2D eigenvalue weighted by molar-refractivity contribution is 6.16. The van der Waals surface area contributed by atoms with Gasteiger partial charge in [0, 0.05) is 12.5 Å². The number of alkyl halides is 1. The Balaban J connectivity index is 1.74. The summed E-state index contributed by atoms with van der Waals surface area (Å²) >= 11 is 6.10. The van der Waals surface area contributed by atoms with Crippen molar-refractivity contribution in [3.05, 3.63) is 65.0 Å². The Bertz CT molecular complexity index is 819. The number of hydrogen-bond donors (Lipinski definition) is 0. The number of nitrogens with zero attached hydrogens (tertiary/aromatic N) is 2. The summed E-state index contributed by atoms with van der Waals surface area (Å²) in [6.45, 7) is 3.07. The molecule has 0 amide bonds. The van der Waals surface area contributed by atoms with Gasteiger partial charge in [-0.05, 0) is 42.2 Å². The van der Waals surface area contributed by atoms with Gasteiger partial charge in [-0.15, -0.1) is 11.6 Å². The minimum absolute atomic E-state index is 0.460. The van der Waals surface area contributed by atoms with Crippen LogP contribution in [0, 0.1) is 6.92 Å². The maximum atomic E-state index is 6.10. The number of halogens is 1. The molecule has 1 aromatic heterocycles. The Kier molecular flexibility index (Phi) is 3.00. The molecule has 1 aliphatic rings.